The largest absolute Gasteiger partial charge is 0.482 e. The highest BCUT2D eigenvalue weighted by atomic mass is 35.5. The Morgan fingerprint density at radius 2 is 1.86 bits per heavy atom. The van der Waals surface area contributed by atoms with Crippen molar-refractivity contribution >= 4 is 34.8 Å². The Morgan fingerprint density at radius 1 is 1.14 bits per heavy atom. The van der Waals surface area contributed by atoms with Crippen LogP contribution < -0.4 is 9.64 Å². The molecule has 28 heavy (non-hydrogen) atoms. The zero-order chi connectivity index (χ0) is 20.3. The molecule has 0 bridgehead atoms. The number of ether oxygens (including phenoxy) is 1. The third-order valence-electron chi connectivity index (χ3n) is 4.59. The van der Waals surface area contributed by atoms with Gasteiger partial charge < -0.3 is 9.64 Å². The van der Waals surface area contributed by atoms with Crippen LogP contribution in [-0.2, 0) is 18.4 Å². The molecule has 0 saturated carbocycles. The second kappa shape index (κ2) is 8.67. The van der Waals surface area contributed by atoms with Crippen molar-refractivity contribution in [1.82, 2.24) is 9.78 Å². The van der Waals surface area contributed by atoms with Crippen LogP contribution in [0.2, 0.25) is 10.0 Å². The number of nitrogens with zero attached hydrogens (tertiary/aromatic N) is 3. The first-order chi connectivity index (χ1) is 13.4. The lowest BCUT2D eigenvalue weighted by Gasteiger charge is -2.23. The highest BCUT2D eigenvalue weighted by molar-refractivity contribution is 6.35. The highest BCUT2D eigenvalue weighted by Crippen LogP contribution is 2.28. The second-order valence-electron chi connectivity index (χ2n) is 6.45. The SMILES string of the molecule is Cc1nn(C)c(C)c1CN(C(=O)COc1ccc(Cl)cc1Cl)c1ccccc1. The van der Waals surface area contributed by atoms with Gasteiger partial charge in [-0.25, -0.2) is 0 Å². The summed E-state index contributed by atoms with van der Waals surface area (Å²) in [5, 5.41) is 5.33. The van der Waals surface area contributed by atoms with E-state index < -0.39 is 0 Å². The molecule has 0 atom stereocenters. The molecule has 0 aliphatic carbocycles. The Labute approximate surface area is 174 Å². The topological polar surface area (TPSA) is 47.4 Å². The average molecular weight is 418 g/mol. The van der Waals surface area contributed by atoms with Crippen LogP contribution in [0.5, 0.6) is 5.75 Å². The molecule has 0 aliphatic heterocycles. The molecule has 0 aliphatic rings. The zero-order valence-electron chi connectivity index (χ0n) is 15.9. The number of hydrogen-bond acceptors (Lipinski definition) is 3. The van der Waals surface area contributed by atoms with Crippen molar-refractivity contribution in [3.05, 3.63) is 75.5 Å². The quantitative estimate of drug-likeness (QED) is 0.569. The summed E-state index contributed by atoms with van der Waals surface area (Å²) in [5.74, 6) is 0.237. The summed E-state index contributed by atoms with van der Waals surface area (Å²) >= 11 is 12.0. The molecule has 0 unspecified atom stereocenters. The molecule has 0 N–H and O–H groups in total. The molecule has 146 valence electrons. The molecule has 3 aromatic rings. The number of benzene rings is 2. The van der Waals surface area contributed by atoms with Crippen LogP contribution in [0.25, 0.3) is 0 Å². The smallest absolute Gasteiger partial charge is 0.265 e. The molecular weight excluding hydrogens is 397 g/mol. The van der Waals surface area contributed by atoms with Crippen LogP contribution >= 0.6 is 23.2 Å². The van der Waals surface area contributed by atoms with E-state index >= 15 is 0 Å². The maximum absolute atomic E-state index is 13.0. The van der Waals surface area contributed by atoms with Crippen LogP contribution in [0.15, 0.2) is 48.5 Å². The number of carbonyl (C=O) groups excluding carboxylic acids is 1. The number of carbonyl (C=O) groups is 1. The molecule has 0 fully saturated rings. The molecule has 0 radical (unpaired) electrons. The van der Waals surface area contributed by atoms with Crippen molar-refractivity contribution in [3.63, 3.8) is 0 Å². The fourth-order valence-corrected chi connectivity index (χ4v) is 3.41. The number of anilines is 1. The van der Waals surface area contributed by atoms with Crippen molar-refractivity contribution in [3.8, 4) is 5.75 Å². The van der Waals surface area contributed by atoms with Gasteiger partial charge in [-0.15, -0.1) is 0 Å². The summed E-state index contributed by atoms with van der Waals surface area (Å²) in [6.07, 6.45) is 0. The number of hydrogen-bond donors (Lipinski definition) is 0. The van der Waals surface area contributed by atoms with Gasteiger partial charge in [-0.3, -0.25) is 9.48 Å². The number of para-hydroxylation sites is 1. The van der Waals surface area contributed by atoms with E-state index in [2.05, 4.69) is 5.10 Å². The summed E-state index contributed by atoms with van der Waals surface area (Å²) in [5.41, 5.74) is 3.73. The predicted molar refractivity (Wildman–Crippen MR) is 112 cm³/mol. The van der Waals surface area contributed by atoms with Crippen molar-refractivity contribution in [2.75, 3.05) is 11.5 Å². The lowest BCUT2D eigenvalue weighted by Crippen LogP contribution is -2.35. The Balaban J connectivity index is 1.83. The van der Waals surface area contributed by atoms with Gasteiger partial charge in [0.1, 0.15) is 5.75 Å². The molecule has 3 rings (SSSR count). The van der Waals surface area contributed by atoms with Crippen LogP contribution in [0, 0.1) is 13.8 Å². The maximum atomic E-state index is 13.0. The van der Waals surface area contributed by atoms with Crippen LogP contribution in [-0.4, -0.2) is 22.3 Å². The molecule has 1 aromatic heterocycles. The molecule has 0 saturated heterocycles. The van der Waals surface area contributed by atoms with Gasteiger partial charge >= 0.3 is 0 Å². The van der Waals surface area contributed by atoms with Crippen LogP contribution in [0.1, 0.15) is 17.0 Å². The lowest BCUT2D eigenvalue weighted by molar-refractivity contribution is -0.120. The minimum absolute atomic E-state index is 0.144. The third-order valence-corrected chi connectivity index (χ3v) is 5.12. The molecule has 5 nitrogen and oxygen atoms in total. The molecule has 7 heteroatoms. The van der Waals surface area contributed by atoms with Gasteiger partial charge in [-0.05, 0) is 44.2 Å². The zero-order valence-corrected chi connectivity index (χ0v) is 17.5. The summed E-state index contributed by atoms with van der Waals surface area (Å²) in [7, 11) is 1.89. The van der Waals surface area contributed by atoms with E-state index in [0.717, 1.165) is 22.6 Å². The number of aryl methyl sites for hydroxylation is 2. The normalized spacial score (nSPS) is 10.8. The van der Waals surface area contributed by atoms with Crippen molar-refractivity contribution < 1.29 is 9.53 Å². The fourth-order valence-electron chi connectivity index (χ4n) is 2.95. The number of rotatable bonds is 6. The van der Waals surface area contributed by atoms with Crippen molar-refractivity contribution in [2.45, 2.75) is 20.4 Å². The molecule has 1 amide bonds. The van der Waals surface area contributed by atoms with E-state index in [1.807, 2.05) is 55.9 Å². The summed E-state index contributed by atoms with van der Waals surface area (Å²) in [6.45, 7) is 4.20. The Hall–Kier alpha value is -2.50. The van der Waals surface area contributed by atoms with Crippen molar-refractivity contribution in [2.24, 2.45) is 7.05 Å². The van der Waals surface area contributed by atoms with Gasteiger partial charge in [0.15, 0.2) is 6.61 Å². The third kappa shape index (κ3) is 4.49. The van der Waals surface area contributed by atoms with Crippen LogP contribution in [0.4, 0.5) is 5.69 Å². The number of halogens is 2. The Bertz CT molecular complexity index is 987. The summed E-state index contributed by atoms with van der Waals surface area (Å²) in [6, 6.07) is 14.4. The first-order valence-electron chi connectivity index (χ1n) is 8.79. The summed E-state index contributed by atoms with van der Waals surface area (Å²) < 4.78 is 7.48. The molecule has 2 aromatic carbocycles. The Morgan fingerprint density at radius 3 is 2.46 bits per heavy atom. The van der Waals surface area contributed by atoms with Gasteiger partial charge in [-0.2, -0.15) is 5.10 Å². The number of amides is 1. The monoisotopic (exact) mass is 417 g/mol. The van der Waals surface area contributed by atoms with Gasteiger partial charge in [0.2, 0.25) is 0 Å². The van der Waals surface area contributed by atoms with E-state index in [0.29, 0.717) is 22.3 Å². The van der Waals surface area contributed by atoms with E-state index in [-0.39, 0.29) is 12.5 Å². The maximum Gasteiger partial charge on any atom is 0.265 e. The average Bonchev–Trinajstić information content (AvgIpc) is 2.91. The van der Waals surface area contributed by atoms with Crippen molar-refractivity contribution in [1.29, 1.82) is 0 Å². The van der Waals surface area contributed by atoms with Gasteiger partial charge in [0.25, 0.3) is 5.91 Å². The van der Waals surface area contributed by atoms with Gasteiger partial charge in [0, 0.05) is 29.0 Å². The van der Waals surface area contributed by atoms with Gasteiger partial charge in [0.05, 0.1) is 17.3 Å². The molecule has 1 heterocycles. The highest BCUT2D eigenvalue weighted by Gasteiger charge is 2.21. The lowest BCUT2D eigenvalue weighted by atomic mass is 10.1. The minimum atomic E-state index is -0.181. The van der Waals surface area contributed by atoms with Gasteiger partial charge in [-0.1, -0.05) is 41.4 Å². The van der Waals surface area contributed by atoms with E-state index in [1.54, 1.807) is 23.1 Å². The Kier molecular flexibility index (Phi) is 6.27. The minimum Gasteiger partial charge on any atom is -0.482 e. The first kappa shape index (κ1) is 20.2. The second-order valence-corrected chi connectivity index (χ2v) is 7.30. The van der Waals surface area contributed by atoms with Crippen LogP contribution in [0.3, 0.4) is 0 Å². The standard InChI is InChI=1S/C21H21Cl2N3O2/c1-14-18(15(2)25(3)24-14)12-26(17-7-5-4-6-8-17)21(27)13-28-20-10-9-16(22)11-19(20)23/h4-11H,12-13H2,1-3H3. The molecular formula is C21H21Cl2N3O2. The van der Waals surface area contributed by atoms with E-state index in [9.17, 15) is 4.79 Å². The fraction of sp³-hybridized carbons (Fsp3) is 0.238. The number of aromatic nitrogens is 2. The van der Waals surface area contributed by atoms with E-state index in [4.69, 9.17) is 27.9 Å². The summed E-state index contributed by atoms with van der Waals surface area (Å²) in [4.78, 5) is 14.7. The predicted octanol–water partition coefficient (Wildman–Crippen LogP) is 4.96. The van der Waals surface area contributed by atoms with E-state index in [1.165, 1.54) is 0 Å². The molecule has 0 spiro atoms. The first-order valence-corrected chi connectivity index (χ1v) is 9.54.